The fourth-order valence-corrected chi connectivity index (χ4v) is 4.03. The van der Waals surface area contributed by atoms with Crippen LogP contribution >= 0.6 is 46.1 Å². The van der Waals surface area contributed by atoms with E-state index in [-0.39, 0.29) is 6.04 Å². The van der Waals surface area contributed by atoms with Gasteiger partial charge in [0.15, 0.2) is 4.77 Å². The topological polar surface area (TPSA) is 33.6 Å². The van der Waals surface area contributed by atoms with E-state index in [1.165, 1.54) is 8.45 Å². The van der Waals surface area contributed by atoms with E-state index in [0.717, 1.165) is 27.2 Å². The highest BCUT2D eigenvalue weighted by atomic mass is 127. The third kappa shape index (κ3) is 2.44. The van der Waals surface area contributed by atoms with E-state index < -0.39 is 0 Å². The van der Waals surface area contributed by atoms with Crippen LogP contribution in [0, 0.1) is 8.34 Å². The van der Waals surface area contributed by atoms with Gasteiger partial charge in [-0.3, -0.25) is 0 Å². The number of nitrogens with one attached hydrogen (secondary N) is 1. The molecule has 2 aromatic heterocycles. The van der Waals surface area contributed by atoms with Crippen molar-refractivity contribution in [1.29, 1.82) is 0 Å². The smallest absolute Gasteiger partial charge is 0.178 e. The summed E-state index contributed by atoms with van der Waals surface area (Å²) in [6.07, 6.45) is 3.00. The quantitative estimate of drug-likeness (QED) is 0.486. The summed E-state index contributed by atoms with van der Waals surface area (Å²) < 4.78 is 4.11. The summed E-state index contributed by atoms with van der Waals surface area (Å²) in [7, 11) is 0. The minimum Gasteiger partial charge on any atom is -0.331 e. The molecule has 0 amide bonds. The third-order valence-electron chi connectivity index (χ3n) is 3.34. The van der Waals surface area contributed by atoms with E-state index >= 15 is 0 Å². The van der Waals surface area contributed by atoms with Crippen molar-refractivity contribution < 1.29 is 0 Å². The van der Waals surface area contributed by atoms with Crippen LogP contribution < -0.4 is 0 Å². The van der Waals surface area contributed by atoms with Crippen LogP contribution in [0.4, 0.5) is 0 Å². The van der Waals surface area contributed by atoms with Crippen LogP contribution in [0.5, 0.6) is 0 Å². The van der Waals surface area contributed by atoms with Crippen molar-refractivity contribution in [3.8, 4) is 0 Å². The monoisotopic (exact) mass is 415 g/mol. The second kappa shape index (κ2) is 5.57. The maximum atomic E-state index is 5.49. The molecule has 0 spiro atoms. The van der Waals surface area contributed by atoms with Crippen LogP contribution in [0.25, 0.3) is 11.0 Å². The highest BCUT2D eigenvalue weighted by molar-refractivity contribution is 14.1. The minimum atomic E-state index is 0.154. The van der Waals surface area contributed by atoms with Crippen molar-refractivity contribution in [2.45, 2.75) is 26.3 Å². The Bertz CT molecular complexity index is 815. The number of hydrogen-bond donors (Lipinski definition) is 1. The summed E-state index contributed by atoms with van der Waals surface area (Å²) in [6, 6.07) is 6.50. The number of aromatic amines is 1. The lowest BCUT2D eigenvalue weighted by Crippen LogP contribution is -2.06. The first kappa shape index (κ1) is 14.2. The van der Waals surface area contributed by atoms with Crippen LogP contribution in [-0.4, -0.2) is 14.5 Å². The lowest BCUT2D eigenvalue weighted by molar-refractivity contribution is 0.644. The zero-order valence-electron chi connectivity index (χ0n) is 11.2. The van der Waals surface area contributed by atoms with Gasteiger partial charge >= 0.3 is 0 Å². The molecule has 1 aromatic carbocycles. The molecule has 0 radical (unpaired) electrons. The molecule has 0 saturated heterocycles. The number of H-pyrrole nitrogens is 1. The van der Waals surface area contributed by atoms with Gasteiger partial charge in [0.05, 0.1) is 17.1 Å². The van der Waals surface area contributed by atoms with Gasteiger partial charge in [-0.15, -0.1) is 11.3 Å². The maximum absolute atomic E-state index is 5.49. The number of aromatic nitrogens is 3. The van der Waals surface area contributed by atoms with Gasteiger partial charge in [0.2, 0.25) is 0 Å². The van der Waals surface area contributed by atoms with Crippen molar-refractivity contribution >= 4 is 57.2 Å². The Labute approximate surface area is 140 Å². The average Bonchev–Trinajstić information content (AvgIpc) is 3.01. The summed E-state index contributed by atoms with van der Waals surface area (Å²) in [6.45, 7) is 4.31. The predicted octanol–water partition coefficient (Wildman–Crippen LogP) is 4.93. The molecule has 1 atom stereocenters. The summed E-state index contributed by atoms with van der Waals surface area (Å²) in [5, 5.41) is 1.11. The van der Waals surface area contributed by atoms with Crippen molar-refractivity contribution in [1.82, 2.24) is 14.5 Å². The maximum Gasteiger partial charge on any atom is 0.178 e. The molecular formula is C14H14IN3S2. The van der Waals surface area contributed by atoms with Crippen molar-refractivity contribution in [2.24, 2.45) is 0 Å². The second-order valence-electron chi connectivity index (χ2n) is 4.66. The van der Waals surface area contributed by atoms with E-state index in [1.54, 1.807) is 11.3 Å². The summed E-state index contributed by atoms with van der Waals surface area (Å²) in [5.41, 5.74) is 2.22. The minimum absolute atomic E-state index is 0.154. The van der Waals surface area contributed by atoms with Gasteiger partial charge in [-0.25, -0.2) is 4.98 Å². The number of imidazole rings is 1. The van der Waals surface area contributed by atoms with Gasteiger partial charge in [-0.1, -0.05) is 6.92 Å². The Morgan fingerprint density at radius 3 is 3.00 bits per heavy atom. The lowest BCUT2D eigenvalue weighted by Gasteiger charge is -2.11. The average molecular weight is 415 g/mol. The number of thiazole rings is 1. The molecule has 1 unspecified atom stereocenters. The van der Waals surface area contributed by atoms with Crippen molar-refractivity contribution in [3.05, 3.63) is 42.6 Å². The molecule has 3 rings (SSSR count). The molecule has 0 bridgehead atoms. The van der Waals surface area contributed by atoms with E-state index in [2.05, 4.69) is 69.2 Å². The van der Waals surface area contributed by atoms with Gasteiger partial charge in [0.25, 0.3) is 0 Å². The van der Waals surface area contributed by atoms with Crippen LogP contribution in [0.1, 0.15) is 29.8 Å². The summed E-state index contributed by atoms with van der Waals surface area (Å²) in [4.78, 5) is 9.15. The first-order valence-electron chi connectivity index (χ1n) is 6.44. The largest absolute Gasteiger partial charge is 0.331 e. The molecule has 6 heteroatoms. The highest BCUT2D eigenvalue weighted by Crippen LogP contribution is 2.28. The standard InChI is InChI=1S/C14H14IN3S2/c1-3-10-7-16-13(20-10)8(2)18-12-5-4-9(15)6-11(12)17-14(18)19/h4-8H,3H2,1-2H3,(H,17,19). The molecule has 1 N–H and O–H groups in total. The highest BCUT2D eigenvalue weighted by Gasteiger charge is 2.16. The number of benzene rings is 1. The normalized spacial score (nSPS) is 12.9. The Kier molecular flexibility index (Phi) is 3.96. The predicted molar refractivity (Wildman–Crippen MR) is 95.1 cm³/mol. The van der Waals surface area contributed by atoms with Crippen LogP contribution in [0.15, 0.2) is 24.4 Å². The van der Waals surface area contributed by atoms with E-state index in [1.807, 2.05) is 6.20 Å². The van der Waals surface area contributed by atoms with E-state index in [0.29, 0.717) is 0 Å². The molecule has 0 saturated carbocycles. The Morgan fingerprint density at radius 2 is 2.30 bits per heavy atom. The first-order chi connectivity index (χ1) is 9.60. The first-order valence-corrected chi connectivity index (χ1v) is 8.75. The fourth-order valence-electron chi connectivity index (χ4n) is 2.28. The zero-order chi connectivity index (χ0) is 14.3. The molecule has 104 valence electrons. The van der Waals surface area contributed by atoms with Crippen LogP contribution in [0.2, 0.25) is 0 Å². The SMILES string of the molecule is CCc1cnc(C(C)n2c(=S)[nH]c3cc(I)ccc32)s1. The molecule has 0 aliphatic carbocycles. The molecular weight excluding hydrogens is 401 g/mol. The Balaban J connectivity index is 2.13. The summed E-state index contributed by atoms with van der Waals surface area (Å²) in [5.74, 6) is 0. The van der Waals surface area contributed by atoms with Gasteiger partial charge < -0.3 is 9.55 Å². The van der Waals surface area contributed by atoms with Gasteiger partial charge in [0, 0.05) is 14.6 Å². The lowest BCUT2D eigenvalue weighted by atomic mass is 10.3. The fraction of sp³-hybridized carbons (Fsp3) is 0.286. The van der Waals surface area contributed by atoms with E-state index in [4.69, 9.17) is 12.2 Å². The zero-order valence-corrected chi connectivity index (χ0v) is 15.0. The molecule has 20 heavy (non-hydrogen) atoms. The van der Waals surface area contributed by atoms with Crippen molar-refractivity contribution in [2.75, 3.05) is 0 Å². The van der Waals surface area contributed by atoms with Crippen LogP contribution in [-0.2, 0) is 6.42 Å². The van der Waals surface area contributed by atoms with E-state index in [9.17, 15) is 0 Å². The molecule has 0 fully saturated rings. The number of nitrogens with zero attached hydrogens (tertiary/aromatic N) is 2. The molecule has 3 aromatic rings. The number of hydrogen-bond acceptors (Lipinski definition) is 3. The van der Waals surface area contributed by atoms with Crippen LogP contribution in [0.3, 0.4) is 0 Å². The molecule has 2 heterocycles. The number of aryl methyl sites for hydroxylation is 1. The van der Waals surface area contributed by atoms with Gasteiger partial charge in [-0.05, 0) is 66.4 Å². The number of rotatable bonds is 3. The Hall–Kier alpha value is -0.730. The number of halogens is 1. The summed E-state index contributed by atoms with van der Waals surface area (Å²) >= 11 is 9.57. The van der Waals surface area contributed by atoms with Gasteiger partial charge in [-0.2, -0.15) is 0 Å². The van der Waals surface area contributed by atoms with Gasteiger partial charge in [0.1, 0.15) is 5.01 Å². The van der Waals surface area contributed by atoms with Crippen molar-refractivity contribution in [3.63, 3.8) is 0 Å². The third-order valence-corrected chi connectivity index (χ3v) is 5.62. The molecule has 0 aliphatic heterocycles. The number of fused-ring (bicyclic) bond motifs is 1. The molecule has 0 aliphatic rings. The second-order valence-corrected chi connectivity index (χ2v) is 7.44. The Morgan fingerprint density at radius 1 is 1.50 bits per heavy atom. The molecule has 3 nitrogen and oxygen atoms in total.